The van der Waals surface area contributed by atoms with E-state index in [1.807, 2.05) is 0 Å². The van der Waals surface area contributed by atoms with Gasteiger partial charge in [-0.15, -0.1) is 0 Å². The lowest BCUT2D eigenvalue weighted by molar-refractivity contribution is -0.256. The number of rotatable bonds is 0. The van der Waals surface area contributed by atoms with Crippen LogP contribution in [0.2, 0.25) is 0 Å². The van der Waals surface area contributed by atoms with Crippen molar-refractivity contribution in [2.75, 3.05) is 0 Å². The third-order valence-corrected chi connectivity index (χ3v) is 1.77. The lowest BCUT2D eigenvalue weighted by Crippen LogP contribution is -2.53. The van der Waals surface area contributed by atoms with Crippen molar-refractivity contribution < 1.29 is 26.3 Å². The van der Waals surface area contributed by atoms with Gasteiger partial charge in [0.05, 0.1) is 0 Å². The van der Waals surface area contributed by atoms with Crippen LogP contribution in [-0.4, -0.2) is 18.0 Å². The van der Waals surface area contributed by atoms with Crippen molar-refractivity contribution in [1.29, 1.82) is 0 Å². The van der Waals surface area contributed by atoms with E-state index in [0.717, 1.165) is 0 Å². The zero-order valence-electron chi connectivity index (χ0n) is 5.76. The maximum Gasteiger partial charge on any atom is 0.349 e. The predicted molar refractivity (Wildman–Crippen MR) is 28.4 cm³/mol. The maximum absolute atomic E-state index is 12.2. The Labute approximate surface area is 64.6 Å². The molecule has 0 amide bonds. The van der Waals surface area contributed by atoms with Gasteiger partial charge in [-0.3, -0.25) is 0 Å². The second-order valence-electron chi connectivity index (χ2n) is 2.61. The molecule has 1 radical (unpaired) electrons. The molecule has 71 valence electrons. The molecule has 1 saturated carbocycles. The molecular weight excluding hydrogens is 186 g/mol. The first kappa shape index (κ1) is 9.67. The second kappa shape index (κ2) is 2.53. The van der Waals surface area contributed by atoms with Crippen molar-refractivity contribution >= 4 is 0 Å². The highest BCUT2D eigenvalue weighted by Gasteiger charge is 2.69. The minimum Gasteiger partial charge on any atom is -0.241 e. The zero-order valence-corrected chi connectivity index (χ0v) is 5.76. The fourth-order valence-electron chi connectivity index (χ4n) is 0.969. The molecule has 1 aliphatic carbocycles. The van der Waals surface area contributed by atoms with Crippen molar-refractivity contribution in [2.45, 2.75) is 30.9 Å². The van der Waals surface area contributed by atoms with Gasteiger partial charge in [-0.2, -0.15) is 17.6 Å². The van der Waals surface area contributed by atoms with Crippen molar-refractivity contribution in [3.63, 3.8) is 0 Å². The molecule has 0 aliphatic heterocycles. The highest BCUT2D eigenvalue weighted by atomic mass is 19.3. The summed E-state index contributed by atoms with van der Waals surface area (Å²) in [4.78, 5) is 0. The molecule has 0 bridgehead atoms. The van der Waals surface area contributed by atoms with Gasteiger partial charge >= 0.3 is 11.8 Å². The van der Waals surface area contributed by atoms with Crippen LogP contribution in [0.4, 0.5) is 26.3 Å². The quantitative estimate of drug-likeness (QED) is 0.516. The van der Waals surface area contributed by atoms with E-state index in [2.05, 4.69) is 0 Å². The Balaban J connectivity index is 2.92. The molecule has 1 fully saturated rings. The highest BCUT2D eigenvalue weighted by molar-refractivity contribution is 5.09. The van der Waals surface area contributed by atoms with Crippen LogP contribution in [0.5, 0.6) is 0 Å². The molecule has 12 heavy (non-hydrogen) atoms. The molecular formula is C6H5F6. The minimum atomic E-state index is -4.95. The lowest BCUT2D eigenvalue weighted by atomic mass is 9.89. The van der Waals surface area contributed by atoms with Crippen LogP contribution in [0.1, 0.15) is 12.8 Å². The number of alkyl halides is 5. The molecule has 1 rings (SSSR count). The molecule has 0 saturated heterocycles. The van der Waals surface area contributed by atoms with Crippen LogP contribution in [0.3, 0.4) is 0 Å². The predicted octanol–water partition coefficient (Wildman–Crippen LogP) is 2.89. The van der Waals surface area contributed by atoms with Crippen LogP contribution in [0.25, 0.3) is 0 Å². The average Bonchev–Trinajstić information content (AvgIpc) is 1.96. The van der Waals surface area contributed by atoms with E-state index >= 15 is 0 Å². The first-order valence-corrected chi connectivity index (χ1v) is 3.21. The summed E-state index contributed by atoms with van der Waals surface area (Å²) in [6.45, 7) is 0. The highest BCUT2D eigenvalue weighted by Crippen LogP contribution is 2.51. The van der Waals surface area contributed by atoms with Crippen molar-refractivity contribution in [3.05, 3.63) is 6.17 Å². The smallest absolute Gasteiger partial charge is 0.241 e. The first-order valence-electron chi connectivity index (χ1n) is 3.21. The van der Waals surface area contributed by atoms with E-state index < -0.39 is 37.0 Å². The summed E-state index contributed by atoms with van der Waals surface area (Å²) in [5.74, 6) is -9.86. The van der Waals surface area contributed by atoms with E-state index in [4.69, 9.17) is 0 Å². The summed E-state index contributed by atoms with van der Waals surface area (Å²) < 4.78 is 73.3. The molecule has 0 spiro atoms. The van der Waals surface area contributed by atoms with Crippen molar-refractivity contribution in [1.82, 2.24) is 0 Å². The summed E-state index contributed by atoms with van der Waals surface area (Å²) >= 11 is 0. The molecule has 1 unspecified atom stereocenters. The summed E-state index contributed by atoms with van der Waals surface area (Å²) in [7, 11) is 0. The van der Waals surface area contributed by atoms with Gasteiger partial charge in [-0.1, -0.05) is 0 Å². The fraction of sp³-hybridized carbons (Fsp3) is 0.833. The molecule has 0 aromatic heterocycles. The maximum atomic E-state index is 12.2. The van der Waals surface area contributed by atoms with Crippen LogP contribution in [0.15, 0.2) is 0 Å². The molecule has 6 heteroatoms. The van der Waals surface area contributed by atoms with E-state index in [1.165, 1.54) is 0 Å². The standard InChI is InChI=1S/C6H5F6/c7-3-1-2-4(8)6(11,12)5(3,9)10/h3H,1-2H2. The Morgan fingerprint density at radius 2 is 1.67 bits per heavy atom. The molecule has 0 aromatic rings. The number of halogens is 6. The van der Waals surface area contributed by atoms with Crippen LogP contribution >= 0.6 is 0 Å². The summed E-state index contributed by atoms with van der Waals surface area (Å²) in [6.07, 6.45) is -6.94. The molecule has 0 N–H and O–H groups in total. The second-order valence-corrected chi connectivity index (χ2v) is 2.61. The van der Waals surface area contributed by atoms with Gasteiger partial charge in [0.1, 0.15) is 0 Å². The normalized spacial score (nSPS) is 35.0. The molecule has 0 aromatic carbocycles. The fourth-order valence-corrected chi connectivity index (χ4v) is 0.969. The number of hydrogen-bond donors (Lipinski definition) is 0. The van der Waals surface area contributed by atoms with Gasteiger partial charge in [0.2, 0.25) is 6.17 Å². The van der Waals surface area contributed by atoms with E-state index in [-0.39, 0.29) is 0 Å². The van der Waals surface area contributed by atoms with Gasteiger partial charge < -0.3 is 0 Å². The molecule has 1 atom stereocenters. The Bertz CT molecular complexity index is 157. The van der Waals surface area contributed by atoms with Crippen LogP contribution < -0.4 is 0 Å². The average molecular weight is 191 g/mol. The Hall–Kier alpha value is -0.420. The Morgan fingerprint density at radius 3 is 2.08 bits per heavy atom. The topological polar surface area (TPSA) is 0 Å². The van der Waals surface area contributed by atoms with Gasteiger partial charge in [-0.05, 0) is 12.8 Å². The SMILES string of the molecule is F[C]1CCC(F)C(F)(F)C1(F)F. The lowest BCUT2D eigenvalue weighted by Gasteiger charge is -2.34. The Morgan fingerprint density at radius 1 is 1.17 bits per heavy atom. The van der Waals surface area contributed by atoms with E-state index in [9.17, 15) is 26.3 Å². The van der Waals surface area contributed by atoms with E-state index in [1.54, 1.807) is 0 Å². The van der Waals surface area contributed by atoms with Gasteiger partial charge in [-0.25, -0.2) is 8.78 Å². The summed E-state index contributed by atoms with van der Waals surface area (Å²) in [5, 5.41) is 0. The molecule has 1 aliphatic rings. The first-order chi connectivity index (χ1) is 5.30. The summed E-state index contributed by atoms with van der Waals surface area (Å²) in [5.41, 5.74) is 0. The van der Waals surface area contributed by atoms with Gasteiger partial charge in [0.25, 0.3) is 0 Å². The zero-order chi connectivity index (χ0) is 9.57. The van der Waals surface area contributed by atoms with Crippen molar-refractivity contribution in [2.24, 2.45) is 0 Å². The largest absolute Gasteiger partial charge is 0.349 e. The molecule has 0 nitrogen and oxygen atoms in total. The number of hydrogen-bond acceptors (Lipinski definition) is 0. The minimum absolute atomic E-state index is 0.894. The third-order valence-electron chi connectivity index (χ3n) is 1.77. The van der Waals surface area contributed by atoms with Gasteiger partial charge in [0, 0.05) is 0 Å². The monoisotopic (exact) mass is 191 g/mol. The van der Waals surface area contributed by atoms with Crippen LogP contribution in [-0.2, 0) is 0 Å². The van der Waals surface area contributed by atoms with Gasteiger partial charge in [0.15, 0.2) is 6.17 Å². The van der Waals surface area contributed by atoms with E-state index in [0.29, 0.717) is 0 Å². The Kier molecular flexibility index (Phi) is 2.04. The summed E-state index contributed by atoms with van der Waals surface area (Å²) in [6, 6.07) is 0. The van der Waals surface area contributed by atoms with Crippen molar-refractivity contribution in [3.8, 4) is 0 Å². The molecule has 0 heterocycles. The third kappa shape index (κ3) is 1.08. The van der Waals surface area contributed by atoms with Crippen LogP contribution in [0, 0.1) is 6.17 Å².